The third-order valence-electron chi connectivity index (χ3n) is 3.01. The van der Waals surface area contributed by atoms with E-state index in [0.29, 0.717) is 16.5 Å². The van der Waals surface area contributed by atoms with E-state index in [1.807, 2.05) is 30.3 Å². The van der Waals surface area contributed by atoms with Gasteiger partial charge in [-0.3, -0.25) is 9.48 Å². The molecule has 0 aliphatic carbocycles. The van der Waals surface area contributed by atoms with Crippen LogP contribution in [0, 0.1) is 0 Å². The van der Waals surface area contributed by atoms with E-state index in [1.165, 1.54) is 0 Å². The van der Waals surface area contributed by atoms with Crippen LogP contribution in [0.2, 0.25) is 5.15 Å². The largest absolute Gasteiger partial charge is 0.480 e. The van der Waals surface area contributed by atoms with Gasteiger partial charge in [-0.15, -0.1) is 11.8 Å². The van der Waals surface area contributed by atoms with E-state index in [0.717, 1.165) is 10.6 Å². The molecule has 21 heavy (non-hydrogen) atoms. The van der Waals surface area contributed by atoms with Gasteiger partial charge in [-0.25, -0.2) is 0 Å². The highest BCUT2D eigenvalue weighted by Gasteiger charge is 2.20. The Morgan fingerprint density at radius 3 is 2.76 bits per heavy atom. The SMILES string of the molecule is Cn1nc(CSc2ccccc2)c(CC(N)C(=O)O)c1Cl. The lowest BCUT2D eigenvalue weighted by Crippen LogP contribution is -2.32. The van der Waals surface area contributed by atoms with Crippen molar-refractivity contribution >= 4 is 29.3 Å². The molecule has 7 heteroatoms. The molecule has 1 aromatic carbocycles. The van der Waals surface area contributed by atoms with E-state index in [1.54, 1.807) is 23.5 Å². The minimum absolute atomic E-state index is 0.173. The highest BCUT2D eigenvalue weighted by molar-refractivity contribution is 7.98. The first-order chi connectivity index (χ1) is 9.99. The summed E-state index contributed by atoms with van der Waals surface area (Å²) in [6.07, 6.45) is 0.173. The molecular weight excluding hydrogens is 310 g/mol. The zero-order chi connectivity index (χ0) is 15.4. The van der Waals surface area contributed by atoms with Gasteiger partial charge in [-0.05, 0) is 12.1 Å². The van der Waals surface area contributed by atoms with Crippen LogP contribution in [-0.2, 0) is 24.0 Å². The Kier molecular flexibility index (Phi) is 5.27. The van der Waals surface area contributed by atoms with Crippen molar-refractivity contribution in [2.75, 3.05) is 0 Å². The van der Waals surface area contributed by atoms with Gasteiger partial charge in [-0.2, -0.15) is 5.10 Å². The molecule has 1 atom stereocenters. The fraction of sp³-hybridized carbons (Fsp3) is 0.286. The summed E-state index contributed by atoms with van der Waals surface area (Å²) in [5.41, 5.74) is 7.08. The third kappa shape index (κ3) is 4.00. The number of thioether (sulfide) groups is 1. The molecule has 0 amide bonds. The third-order valence-corrected chi connectivity index (χ3v) is 4.51. The van der Waals surface area contributed by atoms with Crippen molar-refractivity contribution in [3.63, 3.8) is 0 Å². The van der Waals surface area contributed by atoms with E-state index >= 15 is 0 Å². The van der Waals surface area contributed by atoms with Gasteiger partial charge in [0.2, 0.25) is 0 Å². The van der Waals surface area contributed by atoms with Gasteiger partial charge < -0.3 is 10.8 Å². The predicted octanol–water partition coefficient (Wildman–Crippen LogP) is 2.32. The van der Waals surface area contributed by atoms with E-state index in [9.17, 15) is 4.79 Å². The summed E-state index contributed by atoms with van der Waals surface area (Å²) < 4.78 is 1.55. The molecule has 2 rings (SSSR count). The van der Waals surface area contributed by atoms with Crippen molar-refractivity contribution in [1.29, 1.82) is 0 Å². The second-order valence-corrected chi connectivity index (χ2v) is 6.00. The molecule has 0 bridgehead atoms. The molecule has 1 heterocycles. The molecule has 0 saturated carbocycles. The highest BCUT2D eigenvalue weighted by atomic mass is 35.5. The van der Waals surface area contributed by atoms with Crippen LogP contribution in [0.25, 0.3) is 0 Å². The summed E-state index contributed by atoms with van der Waals surface area (Å²) in [5.74, 6) is -0.428. The summed E-state index contributed by atoms with van der Waals surface area (Å²) in [7, 11) is 1.73. The first-order valence-electron chi connectivity index (χ1n) is 6.35. The molecule has 0 fully saturated rings. The van der Waals surface area contributed by atoms with E-state index < -0.39 is 12.0 Å². The van der Waals surface area contributed by atoms with Gasteiger partial charge in [0.1, 0.15) is 11.2 Å². The van der Waals surface area contributed by atoms with Crippen molar-refractivity contribution in [3.8, 4) is 0 Å². The molecule has 2 aromatic rings. The minimum Gasteiger partial charge on any atom is -0.480 e. The number of halogens is 1. The smallest absolute Gasteiger partial charge is 0.320 e. The van der Waals surface area contributed by atoms with Crippen LogP contribution in [0.1, 0.15) is 11.3 Å². The number of nitrogens with zero attached hydrogens (tertiary/aromatic N) is 2. The van der Waals surface area contributed by atoms with Crippen molar-refractivity contribution in [1.82, 2.24) is 9.78 Å². The topological polar surface area (TPSA) is 81.1 Å². The number of aliphatic carboxylic acids is 1. The monoisotopic (exact) mass is 325 g/mol. The van der Waals surface area contributed by atoms with Crippen LogP contribution in [0.15, 0.2) is 35.2 Å². The number of aromatic nitrogens is 2. The molecule has 1 aromatic heterocycles. The van der Waals surface area contributed by atoms with Gasteiger partial charge in [0.05, 0.1) is 5.69 Å². The summed E-state index contributed by atoms with van der Waals surface area (Å²) in [6.45, 7) is 0. The maximum Gasteiger partial charge on any atom is 0.320 e. The maximum absolute atomic E-state index is 10.9. The second kappa shape index (κ2) is 6.98. The molecule has 3 N–H and O–H groups in total. The zero-order valence-corrected chi connectivity index (χ0v) is 13.1. The fourth-order valence-electron chi connectivity index (χ4n) is 1.89. The second-order valence-electron chi connectivity index (χ2n) is 4.59. The average Bonchev–Trinajstić information content (AvgIpc) is 2.74. The quantitative estimate of drug-likeness (QED) is 0.797. The Bertz CT molecular complexity index is 631. The minimum atomic E-state index is -1.04. The molecule has 0 spiro atoms. The number of hydrogen-bond donors (Lipinski definition) is 2. The first-order valence-corrected chi connectivity index (χ1v) is 7.72. The molecular formula is C14H16ClN3O2S. The lowest BCUT2D eigenvalue weighted by molar-refractivity contribution is -0.138. The Labute approximate surface area is 132 Å². The molecule has 0 saturated heterocycles. The van der Waals surface area contributed by atoms with Crippen LogP contribution in [-0.4, -0.2) is 26.9 Å². The molecule has 1 unspecified atom stereocenters. The van der Waals surface area contributed by atoms with Crippen LogP contribution in [0.5, 0.6) is 0 Å². The normalized spacial score (nSPS) is 12.3. The Hall–Kier alpha value is -1.50. The van der Waals surface area contributed by atoms with Crippen LogP contribution < -0.4 is 5.73 Å². The maximum atomic E-state index is 10.9. The van der Waals surface area contributed by atoms with Crippen LogP contribution >= 0.6 is 23.4 Å². The Morgan fingerprint density at radius 1 is 1.48 bits per heavy atom. The lowest BCUT2D eigenvalue weighted by atomic mass is 10.1. The Morgan fingerprint density at radius 2 is 2.14 bits per heavy atom. The number of carbonyl (C=O) groups is 1. The van der Waals surface area contributed by atoms with Gasteiger partial charge in [0.15, 0.2) is 0 Å². The van der Waals surface area contributed by atoms with E-state index in [4.69, 9.17) is 22.4 Å². The zero-order valence-electron chi connectivity index (χ0n) is 11.5. The average molecular weight is 326 g/mol. The lowest BCUT2D eigenvalue weighted by Gasteiger charge is -2.07. The van der Waals surface area contributed by atoms with Crippen molar-refractivity contribution in [3.05, 3.63) is 46.7 Å². The number of nitrogens with two attached hydrogens (primary N) is 1. The number of benzene rings is 1. The summed E-state index contributed by atoms with van der Waals surface area (Å²) in [4.78, 5) is 12.0. The standard InChI is InChI=1S/C14H16ClN3O2S/c1-18-13(15)10(7-11(16)14(19)20)12(17-18)8-21-9-5-3-2-4-6-9/h2-6,11H,7-8,16H2,1H3,(H,19,20). The van der Waals surface area contributed by atoms with E-state index in [-0.39, 0.29) is 6.42 Å². The van der Waals surface area contributed by atoms with Crippen LogP contribution in [0.4, 0.5) is 0 Å². The van der Waals surface area contributed by atoms with Crippen molar-refractivity contribution in [2.24, 2.45) is 12.8 Å². The predicted molar refractivity (Wildman–Crippen MR) is 83.5 cm³/mol. The summed E-state index contributed by atoms with van der Waals surface area (Å²) in [6, 6.07) is 8.94. The first kappa shape index (κ1) is 15.9. The molecule has 0 radical (unpaired) electrons. The number of carboxylic acids is 1. The van der Waals surface area contributed by atoms with E-state index in [2.05, 4.69) is 5.10 Å². The van der Waals surface area contributed by atoms with Crippen LogP contribution in [0.3, 0.4) is 0 Å². The van der Waals surface area contributed by atoms with Gasteiger partial charge >= 0.3 is 5.97 Å². The van der Waals surface area contributed by atoms with Crippen molar-refractivity contribution < 1.29 is 9.90 Å². The van der Waals surface area contributed by atoms with Gasteiger partial charge in [0.25, 0.3) is 0 Å². The molecule has 0 aliphatic heterocycles. The van der Waals surface area contributed by atoms with Gasteiger partial charge in [-0.1, -0.05) is 29.8 Å². The van der Waals surface area contributed by atoms with Gasteiger partial charge in [0, 0.05) is 29.7 Å². The number of rotatable bonds is 6. The molecule has 5 nitrogen and oxygen atoms in total. The number of aryl methyl sites for hydroxylation is 1. The highest BCUT2D eigenvalue weighted by Crippen LogP contribution is 2.27. The van der Waals surface area contributed by atoms with Crippen molar-refractivity contribution in [2.45, 2.75) is 23.1 Å². The summed E-state index contributed by atoms with van der Waals surface area (Å²) >= 11 is 7.81. The number of carboxylic acid groups (broad SMARTS) is 1. The molecule has 0 aliphatic rings. The Balaban J connectivity index is 2.15. The molecule has 112 valence electrons. The summed E-state index contributed by atoms with van der Waals surface area (Å²) in [5, 5.41) is 13.7. The number of hydrogen-bond acceptors (Lipinski definition) is 4. The fourth-order valence-corrected chi connectivity index (χ4v) is 3.00.